The number of nitro groups is 1. The normalized spacial score (nSPS) is 10.7. The Balaban J connectivity index is 2.23. The van der Waals surface area contributed by atoms with E-state index >= 15 is 0 Å². The maximum absolute atomic E-state index is 11.5. The zero-order chi connectivity index (χ0) is 22.4. The van der Waals surface area contributed by atoms with Crippen LogP contribution in [0.25, 0.3) is 0 Å². The van der Waals surface area contributed by atoms with Crippen LogP contribution >= 0.6 is 39.1 Å². The number of halogens is 3. The number of carboxylic acid groups (broad SMARTS) is 1. The quantitative estimate of drug-likeness (QED) is 0.285. The highest BCUT2D eigenvalue weighted by Gasteiger charge is 2.17. The number of carbonyl (C=O) groups excluding carboxylic acids is 1. The highest BCUT2D eigenvalue weighted by atomic mass is 79.9. The molecule has 0 radical (unpaired) electrons. The van der Waals surface area contributed by atoms with Gasteiger partial charge in [0.2, 0.25) is 5.71 Å². The number of nitriles is 1. The summed E-state index contributed by atoms with van der Waals surface area (Å²) in [6.45, 7) is 0. The summed E-state index contributed by atoms with van der Waals surface area (Å²) in [7, 11) is 0. The minimum absolute atomic E-state index is 0.0168. The molecule has 30 heavy (non-hydrogen) atoms. The first-order valence-electron chi connectivity index (χ1n) is 7.51. The highest BCUT2D eigenvalue weighted by molar-refractivity contribution is 9.10. The van der Waals surface area contributed by atoms with E-state index in [1.807, 2.05) is 0 Å². The lowest BCUT2D eigenvalue weighted by molar-refractivity contribution is -0.385. The molecule has 0 fully saturated rings. The molecule has 0 saturated heterocycles. The zero-order valence-corrected chi connectivity index (χ0v) is 17.4. The molecular weight excluding hydrogens is 509 g/mol. The smallest absolute Gasteiger partial charge is 0.411 e. The number of rotatable bonds is 6. The number of hydrogen-bond donors (Lipinski definition) is 3. The zero-order valence-electron chi connectivity index (χ0n) is 14.4. The van der Waals surface area contributed by atoms with Gasteiger partial charge in [0.1, 0.15) is 11.8 Å². The van der Waals surface area contributed by atoms with Crippen LogP contribution in [0.4, 0.5) is 16.2 Å². The minimum atomic E-state index is -1.64. The van der Waals surface area contributed by atoms with Gasteiger partial charge in [0.25, 0.3) is 11.6 Å². The number of benzene rings is 2. The van der Waals surface area contributed by atoms with Gasteiger partial charge in [0, 0.05) is 12.1 Å². The first kappa shape index (κ1) is 22.9. The molecule has 11 nitrogen and oxygen atoms in total. The van der Waals surface area contributed by atoms with E-state index in [9.17, 15) is 19.7 Å². The Hall–Kier alpha value is -3.40. The van der Waals surface area contributed by atoms with Crippen molar-refractivity contribution in [3.63, 3.8) is 0 Å². The van der Waals surface area contributed by atoms with Crippen molar-refractivity contribution in [1.82, 2.24) is 5.32 Å². The molecule has 2 aromatic carbocycles. The van der Waals surface area contributed by atoms with Gasteiger partial charge in [-0.1, -0.05) is 23.2 Å². The van der Waals surface area contributed by atoms with Gasteiger partial charge in [-0.2, -0.15) is 10.4 Å². The van der Waals surface area contributed by atoms with Gasteiger partial charge in [-0.25, -0.2) is 4.79 Å². The second kappa shape index (κ2) is 9.88. The molecule has 0 atom stereocenters. The molecular formula is C16H8BrCl2N5O6. The predicted octanol–water partition coefficient (Wildman–Crippen LogP) is 4.54. The summed E-state index contributed by atoms with van der Waals surface area (Å²) in [6, 6.07) is 8.02. The van der Waals surface area contributed by atoms with E-state index in [0.29, 0.717) is 0 Å². The molecule has 154 valence electrons. The van der Waals surface area contributed by atoms with E-state index in [1.165, 1.54) is 41.7 Å². The van der Waals surface area contributed by atoms with Crippen LogP contribution in [-0.4, -0.2) is 27.7 Å². The molecule has 14 heteroatoms. The molecule has 0 aromatic heterocycles. The number of anilines is 1. The van der Waals surface area contributed by atoms with Crippen LogP contribution in [0.3, 0.4) is 0 Å². The van der Waals surface area contributed by atoms with Crippen LogP contribution in [0.5, 0.6) is 11.5 Å². The fraction of sp³-hybridized carbons (Fsp3) is 0. The Morgan fingerprint density at radius 2 is 1.90 bits per heavy atom. The van der Waals surface area contributed by atoms with Crippen LogP contribution in [0, 0.1) is 21.4 Å². The van der Waals surface area contributed by atoms with Gasteiger partial charge in [-0.15, -0.1) is 0 Å². The van der Waals surface area contributed by atoms with Crippen LogP contribution in [0.2, 0.25) is 10.0 Å². The third-order valence-corrected chi connectivity index (χ3v) is 4.37. The Kier molecular flexibility index (Phi) is 7.54. The molecule has 0 spiro atoms. The molecule has 0 bridgehead atoms. The first-order chi connectivity index (χ1) is 14.1. The number of hydrazone groups is 1. The van der Waals surface area contributed by atoms with E-state index in [-0.39, 0.29) is 37.4 Å². The molecule has 2 rings (SSSR count). The topological polar surface area (TPSA) is 167 Å². The van der Waals surface area contributed by atoms with E-state index < -0.39 is 22.6 Å². The summed E-state index contributed by atoms with van der Waals surface area (Å²) in [5.74, 6) is -0.969. The number of carbonyl (C=O) groups is 2. The Labute approximate surface area is 186 Å². The molecule has 2 aromatic rings. The van der Waals surface area contributed by atoms with Crippen molar-refractivity contribution in [1.29, 1.82) is 5.26 Å². The summed E-state index contributed by atoms with van der Waals surface area (Å²) in [5.41, 5.74) is 1.62. The average molecular weight is 517 g/mol. The largest absolute Gasteiger partial charge is 0.465 e. The number of nitrogens with zero attached hydrogens (tertiary/aromatic N) is 3. The molecule has 0 unspecified atom stereocenters. The van der Waals surface area contributed by atoms with Crippen molar-refractivity contribution in [2.75, 3.05) is 5.43 Å². The summed E-state index contributed by atoms with van der Waals surface area (Å²) < 4.78 is 5.77. The standard InChI is InChI=1S/C16H8BrCl2N5O6/c17-9-5-8(1-2-13(9)24(28)29)30-14-10(18)3-7(4-11(14)19)22-23-12(6-20)15(25)21-16(26)27/h1-5,22H,(H,21,25)(H,26,27)/b23-12+. The fourth-order valence-corrected chi connectivity index (χ4v) is 3.01. The van der Waals surface area contributed by atoms with E-state index in [2.05, 4.69) is 26.5 Å². The molecule has 0 aliphatic carbocycles. The second-order valence-electron chi connectivity index (χ2n) is 5.18. The van der Waals surface area contributed by atoms with Gasteiger partial charge in [-0.05, 0) is 34.1 Å². The molecule has 0 heterocycles. The SMILES string of the molecule is N#C/C(=N\Nc1cc(Cl)c(Oc2ccc([N+](=O)[O-])c(Br)c2)c(Cl)c1)C(=O)NC(=O)O. The van der Waals surface area contributed by atoms with Gasteiger partial charge in [-0.3, -0.25) is 25.7 Å². The second-order valence-corrected chi connectivity index (χ2v) is 6.85. The lowest BCUT2D eigenvalue weighted by Gasteiger charge is -2.12. The Morgan fingerprint density at radius 3 is 2.40 bits per heavy atom. The molecule has 0 aliphatic heterocycles. The molecule has 3 N–H and O–H groups in total. The summed E-state index contributed by atoms with van der Waals surface area (Å²) in [5, 5.41) is 33.3. The van der Waals surface area contributed by atoms with Crippen molar-refractivity contribution in [2.45, 2.75) is 0 Å². The predicted molar refractivity (Wildman–Crippen MR) is 110 cm³/mol. The van der Waals surface area contributed by atoms with E-state index in [0.717, 1.165) is 0 Å². The van der Waals surface area contributed by atoms with Crippen molar-refractivity contribution < 1.29 is 24.4 Å². The third kappa shape index (κ3) is 5.80. The monoisotopic (exact) mass is 515 g/mol. The number of amides is 2. The molecule has 0 aliphatic rings. The van der Waals surface area contributed by atoms with Crippen LogP contribution < -0.4 is 15.5 Å². The minimum Gasteiger partial charge on any atom is -0.465 e. The number of nitro benzene ring substituents is 1. The number of ether oxygens (including phenoxy) is 1. The Morgan fingerprint density at radius 1 is 1.27 bits per heavy atom. The molecule has 2 amide bonds. The summed E-state index contributed by atoms with van der Waals surface area (Å²) in [4.78, 5) is 32.2. The third-order valence-electron chi connectivity index (χ3n) is 3.17. The first-order valence-corrected chi connectivity index (χ1v) is 9.06. The van der Waals surface area contributed by atoms with Gasteiger partial charge >= 0.3 is 6.09 Å². The summed E-state index contributed by atoms with van der Waals surface area (Å²) in [6.07, 6.45) is -1.64. The van der Waals surface area contributed by atoms with Gasteiger partial charge in [0.15, 0.2) is 5.75 Å². The fourth-order valence-electron chi connectivity index (χ4n) is 1.94. The van der Waals surface area contributed by atoms with Gasteiger partial charge < -0.3 is 9.84 Å². The van der Waals surface area contributed by atoms with Crippen LogP contribution in [0.15, 0.2) is 39.9 Å². The van der Waals surface area contributed by atoms with Crippen molar-refractivity contribution in [3.05, 3.63) is 55.0 Å². The van der Waals surface area contributed by atoms with Crippen molar-refractivity contribution >= 4 is 68.2 Å². The van der Waals surface area contributed by atoms with Crippen molar-refractivity contribution in [2.24, 2.45) is 5.10 Å². The van der Waals surface area contributed by atoms with E-state index in [4.69, 9.17) is 38.3 Å². The average Bonchev–Trinajstić information content (AvgIpc) is 2.64. The van der Waals surface area contributed by atoms with Gasteiger partial charge in [0.05, 0.1) is 25.1 Å². The number of hydrogen-bond acceptors (Lipinski definition) is 8. The van der Waals surface area contributed by atoms with E-state index in [1.54, 1.807) is 0 Å². The maximum atomic E-state index is 11.5. The van der Waals surface area contributed by atoms with Crippen LogP contribution in [-0.2, 0) is 4.79 Å². The lowest BCUT2D eigenvalue weighted by atomic mass is 10.3. The highest BCUT2D eigenvalue weighted by Crippen LogP contribution is 2.40. The summed E-state index contributed by atoms with van der Waals surface area (Å²) >= 11 is 15.4. The van der Waals surface area contributed by atoms with Crippen LogP contribution in [0.1, 0.15) is 0 Å². The maximum Gasteiger partial charge on any atom is 0.411 e. The number of imide groups is 1. The van der Waals surface area contributed by atoms with Crippen molar-refractivity contribution in [3.8, 4) is 17.6 Å². The molecule has 0 saturated carbocycles. The lowest BCUT2D eigenvalue weighted by Crippen LogP contribution is -2.34. The Bertz CT molecular complexity index is 1090. The number of nitrogens with one attached hydrogen (secondary N) is 2.